The van der Waals surface area contributed by atoms with Crippen LogP contribution in [0.25, 0.3) is 5.32 Å². The average Bonchev–Trinajstić information content (AvgIpc) is 2.81. The predicted molar refractivity (Wildman–Crippen MR) is 160 cm³/mol. The first-order valence-electron chi connectivity index (χ1n) is 12.8. The zero-order valence-corrected chi connectivity index (χ0v) is 26.2. The molecule has 0 aliphatic heterocycles. The van der Waals surface area contributed by atoms with E-state index in [4.69, 9.17) is 35.5 Å². The molecule has 0 saturated heterocycles. The summed E-state index contributed by atoms with van der Waals surface area (Å²) in [6.07, 6.45) is 3.97. The molecule has 201 valence electrons. The zero-order chi connectivity index (χ0) is 27.4. The van der Waals surface area contributed by atoms with Gasteiger partial charge in [0.2, 0.25) is 0 Å². The number of nitrogens with zero attached hydrogens (tertiary/aromatic N) is 3. The van der Waals surface area contributed by atoms with Crippen molar-refractivity contribution in [2.24, 2.45) is 9.98 Å². The van der Waals surface area contributed by atoms with Crippen LogP contribution in [-0.2, 0) is 13.1 Å². The summed E-state index contributed by atoms with van der Waals surface area (Å²) in [5, 5.41) is 4.91. The summed E-state index contributed by atoms with van der Waals surface area (Å²) in [7, 11) is 9.53. The minimum absolute atomic E-state index is 0.0107. The summed E-state index contributed by atoms with van der Waals surface area (Å²) < 4.78 is 0. The van der Waals surface area contributed by atoms with E-state index in [0.29, 0.717) is 23.7 Å². The predicted octanol–water partition coefficient (Wildman–Crippen LogP) is 10.8. The molecule has 2 aromatic rings. The molecule has 3 nitrogen and oxygen atoms in total. The molecule has 0 fully saturated rings. The van der Waals surface area contributed by atoms with E-state index in [9.17, 15) is 0 Å². The van der Waals surface area contributed by atoms with E-state index >= 15 is 0 Å². The fourth-order valence-corrected chi connectivity index (χ4v) is 4.13. The van der Waals surface area contributed by atoms with Gasteiger partial charge >= 0.3 is 33.3 Å². The molecule has 0 N–H and O–H groups in total. The number of benzene rings is 2. The van der Waals surface area contributed by atoms with Crippen LogP contribution in [0.15, 0.2) is 46.4 Å². The third-order valence-electron chi connectivity index (χ3n) is 5.99. The van der Waals surface area contributed by atoms with Gasteiger partial charge in [-0.15, -0.1) is 12.1 Å². The van der Waals surface area contributed by atoms with E-state index < -0.39 is 0 Å². The standard InChI is InChI=1S/C30H44N3.2ClH.Fe/c1-19(2)25-13-11-14-26(20(3)4)29(25)31-17-23(9)33-24(10)18-32-30-27(21(5)6)15-12-16-28(30)22(7)8;;;/h11-24H,1-10H3;2*1H;/q-1;;;+3/p-2. The van der Waals surface area contributed by atoms with Gasteiger partial charge in [0.25, 0.3) is 0 Å². The average molecular weight is 573 g/mol. The van der Waals surface area contributed by atoms with E-state index in [2.05, 4.69) is 106 Å². The molecule has 0 radical (unpaired) electrons. The summed E-state index contributed by atoms with van der Waals surface area (Å²) in [5.41, 5.74) is 7.41. The fraction of sp³-hybridized carbons (Fsp3) is 0.533. The molecular formula is C30H44Cl2FeN3. The Morgan fingerprint density at radius 2 is 0.833 bits per heavy atom. The van der Waals surface area contributed by atoms with E-state index in [-0.39, 0.29) is 25.2 Å². The van der Waals surface area contributed by atoms with Crippen molar-refractivity contribution in [1.82, 2.24) is 0 Å². The van der Waals surface area contributed by atoms with Crippen molar-refractivity contribution in [3.05, 3.63) is 64.0 Å². The van der Waals surface area contributed by atoms with Gasteiger partial charge in [-0.25, -0.2) is 0 Å². The molecule has 2 unspecified atom stereocenters. The third kappa shape index (κ3) is 10.3. The van der Waals surface area contributed by atoms with Crippen LogP contribution in [0.4, 0.5) is 11.4 Å². The maximum absolute atomic E-state index is 4.93. The van der Waals surface area contributed by atoms with Crippen LogP contribution in [0.1, 0.15) is 115 Å². The van der Waals surface area contributed by atoms with Crippen molar-refractivity contribution in [1.29, 1.82) is 0 Å². The van der Waals surface area contributed by atoms with Crippen molar-refractivity contribution in [2.45, 2.75) is 105 Å². The Morgan fingerprint density at radius 3 is 1.06 bits per heavy atom. The van der Waals surface area contributed by atoms with E-state index in [1.807, 2.05) is 12.4 Å². The van der Waals surface area contributed by atoms with Gasteiger partial charge in [-0.2, -0.15) is 0 Å². The first-order chi connectivity index (χ1) is 16.9. The van der Waals surface area contributed by atoms with Crippen LogP contribution in [0.3, 0.4) is 0 Å². The number of aliphatic imine (C=N–C) groups is 2. The van der Waals surface area contributed by atoms with E-state index in [0.717, 1.165) is 11.4 Å². The van der Waals surface area contributed by atoms with Gasteiger partial charge in [-0.1, -0.05) is 106 Å². The molecule has 0 bridgehead atoms. The zero-order valence-electron chi connectivity index (χ0n) is 23.5. The second kappa shape index (κ2) is 16.6. The van der Waals surface area contributed by atoms with Crippen molar-refractivity contribution in [3.8, 4) is 0 Å². The van der Waals surface area contributed by atoms with Crippen LogP contribution < -0.4 is 0 Å². The topological polar surface area (TPSA) is 38.8 Å². The maximum atomic E-state index is 4.93. The Bertz CT molecular complexity index is 854. The molecule has 0 aliphatic carbocycles. The Morgan fingerprint density at radius 1 is 0.583 bits per heavy atom. The summed E-state index contributed by atoms with van der Waals surface area (Å²) in [4.78, 5) is 9.86. The molecule has 2 atom stereocenters. The molecule has 0 aliphatic rings. The summed E-state index contributed by atoms with van der Waals surface area (Å²) in [5.74, 6) is 1.74. The fourth-order valence-electron chi connectivity index (χ4n) is 4.13. The van der Waals surface area contributed by atoms with E-state index in [1.54, 1.807) is 0 Å². The molecule has 36 heavy (non-hydrogen) atoms. The number of para-hydroxylation sites is 2. The number of hydrogen-bond donors (Lipinski definition) is 0. The Labute approximate surface area is 235 Å². The van der Waals surface area contributed by atoms with Gasteiger partial charge < -0.3 is 5.32 Å². The molecule has 0 spiro atoms. The number of hydrogen-bond acceptors (Lipinski definition) is 2. The summed E-state index contributed by atoms with van der Waals surface area (Å²) in [6, 6.07) is 13.1. The summed E-state index contributed by atoms with van der Waals surface area (Å²) >= 11 is 0.194. The summed E-state index contributed by atoms with van der Waals surface area (Å²) in [6.45, 7) is 22.0. The van der Waals surface area contributed by atoms with Crippen LogP contribution >= 0.6 is 20.2 Å². The van der Waals surface area contributed by atoms with Crippen molar-refractivity contribution in [3.63, 3.8) is 0 Å². The quantitative estimate of drug-likeness (QED) is 0.200. The Hall–Kier alpha value is -1.16. The SMILES string of the molecule is CC(C=Nc1c(C(C)C)cccc1C(C)C)[N-]C(C)C=Nc1c(C(C)C)cccc1C(C)C.[Cl][Fe+][Cl]. The van der Waals surface area contributed by atoms with Gasteiger partial charge in [0.05, 0.1) is 11.4 Å². The third-order valence-corrected chi connectivity index (χ3v) is 5.99. The molecule has 6 heteroatoms. The monoisotopic (exact) mass is 572 g/mol. The van der Waals surface area contributed by atoms with Crippen LogP contribution in [0, 0.1) is 0 Å². The molecule has 0 amide bonds. The normalized spacial score (nSPS) is 13.8. The first kappa shape index (κ1) is 32.9. The number of rotatable bonds is 10. The van der Waals surface area contributed by atoms with Gasteiger partial charge in [0, 0.05) is 0 Å². The van der Waals surface area contributed by atoms with Gasteiger partial charge in [0.15, 0.2) is 0 Å². The van der Waals surface area contributed by atoms with Crippen molar-refractivity contribution in [2.75, 3.05) is 0 Å². The van der Waals surface area contributed by atoms with Crippen LogP contribution in [0.5, 0.6) is 0 Å². The number of halogens is 2. The van der Waals surface area contributed by atoms with Crippen LogP contribution in [0.2, 0.25) is 0 Å². The van der Waals surface area contributed by atoms with Gasteiger partial charge in [-0.05, 0) is 58.4 Å². The Kier molecular flexibility index (Phi) is 15.2. The molecular weight excluding hydrogens is 529 g/mol. The van der Waals surface area contributed by atoms with Crippen molar-refractivity contribution >= 4 is 44.0 Å². The van der Waals surface area contributed by atoms with Gasteiger partial charge in [0.1, 0.15) is 0 Å². The molecule has 0 heterocycles. The molecule has 0 saturated carbocycles. The second-order valence-electron chi connectivity index (χ2n) is 10.4. The minimum atomic E-state index is 0.0107. The van der Waals surface area contributed by atoms with E-state index in [1.165, 1.54) is 22.3 Å². The first-order valence-corrected chi connectivity index (χ1v) is 15.9. The van der Waals surface area contributed by atoms with Crippen LogP contribution in [-0.4, -0.2) is 24.5 Å². The molecule has 2 aromatic carbocycles. The Balaban J connectivity index is 0.00000205. The molecule has 0 aromatic heterocycles. The van der Waals surface area contributed by atoms with Gasteiger partial charge in [-0.3, -0.25) is 9.98 Å². The molecule has 2 rings (SSSR count). The van der Waals surface area contributed by atoms with Crippen molar-refractivity contribution < 1.29 is 13.1 Å². The second-order valence-corrected chi connectivity index (χ2v) is 12.2.